The normalized spacial score (nSPS) is 10.3. The lowest BCUT2D eigenvalue weighted by atomic mass is 10.2. The summed E-state index contributed by atoms with van der Waals surface area (Å²) in [6.45, 7) is 6.97. The van der Waals surface area contributed by atoms with Gasteiger partial charge in [-0.1, -0.05) is 19.8 Å². The van der Waals surface area contributed by atoms with Crippen molar-refractivity contribution >= 4 is 17.5 Å². The number of amides is 2. The topological polar surface area (TPSA) is 66.0 Å². The maximum Gasteiger partial charge on any atom is 0.320 e. The van der Waals surface area contributed by atoms with Gasteiger partial charge in [-0.05, 0) is 32.4 Å². The van der Waals surface area contributed by atoms with Crippen molar-refractivity contribution in [2.75, 3.05) is 17.2 Å². The molecule has 0 saturated carbocycles. The van der Waals surface area contributed by atoms with E-state index in [1.54, 1.807) is 12.3 Å². The molecule has 0 aromatic carbocycles. The number of rotatable bonds is 7. The lowest BCUT2D eigenvalue weighted by molar-refractivity contribution is 0.250. The van der Waals surface area contributed by atoms with E-state index in [1.807, 2.05) is 19.9 Å². The van der Waals surface area contributed by atoms with E-state index < -0.39 is 0 Å². The third-order valence-electron chi connectivity index (χ3n) is 2.53. The molecule has 106 valence electrons. The van der Waals surface area contributed by atoms with Crippen molar-refractivity contribution in [2.24, 2.45) is 0 Å². The van der Waals surface area contributed by atoms with Gasteiger partial charge in [0, 0.05) is 12.6 Å². The molecule has 5 heteroatoms. The molecule has 0 fully saturated rings. The lowest BCUT2D eigenvalue weighted by Gasteiger charge is -2.10. The molecule has 1 rings (SSSR count). The molecule has 0 aliphatic rings. The number of anilines is 2. The van der Waals surface area contributed by atoms with Crippen LogP contribution in [-0.4, -0.2) is 23.6 Å². The van der Waals surface area contributed by atoms with Crippen molar-refractivity contribution in [2.45, 2.75) is 46.1 Å². The van der Waals surface area contributed by atoms with Gasteiger partial charge in [-0.3, -0.25) is 5.32 Å². The molecule has 3 N–H and O–H groups in total. The van der Waals surface area contributed by atoms with Gasteiger partial charge in [-0.25, -0.2) is 9.78 Å². The number of hydrogen-bond acceptors (Lipinski definition) is 3. The number of carbonyl (C=O) groups excluding carboxylic acids is 1. The van der Waals surface area contributed by atoms with Crippen LogP contribution >= 0.6 is 0 Å². The van der Waals surface area contributed by atoms with E-state index in [0.29, 0.717) is 5.82 Å². The van der Waals surface area contributed by atoms with Crippen molar-refractivity contribution in [1.29, 1.82) is 0 Å². The first-order valence-corrected chi connectivity index (χ1v) is 6.89. The summed E-state index contributed by atoms with van der Waals surface area (Å²) in [7, 11) is 0. The quantitative estimate of drug-likeness (QED) is 0.662. The third-order valence-corrected chi connectivity index (χ3v) is 2.53. The molecule has 1 heterocycles. The molecule has 0 unspecified atom stereocenters. The van der Waals surface area contributed by atoms with Crippen molar-refractivity contribution in [1.82, 2.24) is 10.3 Å². The number of nitrogens with zero attached hydrogens (tertiary/aromatic N) is 1. The molecule has 0 radical (unpaired) electrons. The molecule has 19 heavy (non-hydrogen) atoms. The number of unbranched alkanes of at least 4 members (excludes halogenated alkanes) is 2. The van der Waals surface area contributed by atoms with Gasteiger partial charge in [0.15, 0.2) is 0 Å². The minimum Gasteiger partial charge on any atom is -0.384 e. The van der Waals surface area contributed by atoms with E-state index in [1.165, 1.54) is 12.8 Å². The SMILES string of the molecule is CCCCCNc1ccc(NC(=O)NC(C)C)nc1. The average molecular weight is 264 g/mol. The Morgan fingerprint density at radius 2 is 2.11 bits per heavy atom. The van der Waals surface area contributed by atoms with Crippen LogP contribution in [0.15, 0.2) is 18.3 Å². The molecule has 0 spiro atoms. The molecule has 0 aliphatic heterocycles. The smallest absolute Gasteiger partial charge is 0.320 e. The molecule has 1 aromatic rings. The van der Waals surface area contributed by atoms with Crippen LogP contribution in [0.5, 0.6) is 0 Å². The van der Waals surface area contributed by atoms with Crippen molar-refractivity contribution in [3.8, 4) is 0 Å². The summed E-state index contributed by atoms with van der Waals surface area (Å²) < 4.78 is 0. The van der Waals surface area contributed by atoms with E-state index in [-0.39, 0.29) is 12.1 Å². The first kappa shape index (κ1) is 15.3. The highest BCUT2D eigenvalue weighted by atomic mass is 16.2. The summed E-state index contributed by atoms with van der Waals surface area (Å²) in [4.78, 5) is 15.7. The second-order valence-corrected chi connectivity index (χ2v) is 4.82. The maximum absolute atomic E-state index is 11.5. The minimum absolute atomic E-state index is 0.111. The first-order valence-electron chi connectivity index (χ1n) is 6.89. The Bertz CT molecular complexity index is 376. The monoisotopic (exact) mass is 264 g/mol. The number of carbonyl (C=O) groups is 1. The fourth-order valence-electron chi connectivity index (χ4n) is 1.59. The second kappa shape index (κ2) is 8.34. The van der Waals surface area contributed by atoms with Gasteiger partial charge in [0.1, 0.15) is 5.82 Å². The standard InChI is InChI=1S/C14H24N4O/c1-4-5-6-9-15-12-7-8-13(16-10-12)18-14(19)17-11(2)3/h7-8,10-11,15H,4-6,9H2,1-3H3,(H2,16,17,18,19). The molecule has 0 atom stereocenters. The third kappa shape index (κ3) is 6.64. The van der Waals surface area contributed by atoms with Crippen LogP contribution in [0.4, 0.5) is 16.3 Å². The number of urea groups is 1. The summed E-state index contributed by atoms with van der Waals surface area (Å²) in [6, 6.07) is 3.59. The zero-order valence-corrected chi connectivity index (χ0v) is 12.0. The number of hydrogen-bond donors (Lipinski definition) is 3. The Balaban J connectivity index is 2.36. The largest absolute Gasteiger partial charge is 0.384 e. The Kier molecular flexibility index (Phi) is 6.71. The van der Waals surface area contributed by atoms with Crippen LogP contribution in [0.2, 0.25) is 0 Å². The van der Waals surface area contributed by atoms with Gasteiger partial charge >= 0.3 is 6.03 Å². The predicted octanol–water partition coefficient (Wildman–Crippen LogP) is 3.21. The van der Waals surface area contributed by atoms with Crippen molar-refractivity contribution in [3.05, 3.63) is 18.3 Å². The molecule has 0 bridgehead atoms. The minimum atomic E-state index is -0.230. The summed E-state index contributed by atoms with van der Waals surface area (Å²) in [6.07, 6.45) is 5.34. The highest BCUT2D eigenvalue weighted by molar-refractivity contribution is 5.88. The maximum atomic E-state index is 11.5. The molecule has 1 aromatic heterocycles. The van der Waals surface area contributed by atoms with Crippen LogP contribution in [0.3, 0.4) is 0 Å². The summed E-state index contributed by atoms with van der Waals surface area (Å²) in [5, 5.41) is 8.74. The molecule has 2 amide bonds. The van der Waals surface area contributed by atoms with Crippen LogP contribution in [0, 0.1) is 0 Å². The highest BCUT2D eigenvalue weighted by Crippen LogP contribution is 2.10. The van der Waals surface area contributed by atoms with Crippen LogP contribution in [0.1, 0.15) is 40.0 Å². The summed E-state index contributed by atoms with van der Waals surface area (Å²) in [5.74, 6) is 0.553. The molecule has 0 saturated heterocycles. The van der Waals surface area contributed by atoms with Crippen LogP contribution < -0.4 is 16.0 Å². The fourth-order valence-corrected chi connectivity index (χ4v) is 1.59. The Morgan fingerprint density at radius 1 is 1.32 bits per heavy atom. The Labute approximate surface area is 115 Å². The van der Waals surface area contributed by atoms with E-state index in [9.17, 15) is 4.79 Å². The van der Waals surface area contributed by atoms with Gasteiger partial charge in [-0.15, -0.1) is 0 Å². The fraction of sp³-hybridized carbons (Fsp3) is 0.571. The van der Waals surface area contributed by atoms with Gasteiger partial charge in [0.25, 0.3) is 0 Å². The van der Waals surface area contributed by atoms with Crippen LogP contribution in [-0.2, 0) is 0 Å². The van der Waals surface area contributed by atoms with Gasteiger partial charge < -0.3 is 10.6 Å². The molecular weight excluding hydrogens is 240 g/mol. The van der Waals surface area contributed by atoms with E-state index >= 15 is 0 Å². The number of nitrogens with one attached hydrogen (secondary N) is 3. The zero-order chi connectivity index (χ0) is 14.1. The first-order chi connectivity index (χ1) is 9.11. The predicted molar refractivity (Wildman–Crippen MR) is 79.5 cm³/mol. The highest BCUT2D eigenvalue weighted by Gasteiger charge is 2.03. The van der Waals surface area contributed by atoms with E-state index in [2.05, 4.69) is 27.9 Å². The van der Waals surface area contributed by atoms with Gasteiger partial charge in [0.05, 0.1) is 11.9 Å². The van der Waals surface area contributed by atoms with Crippen LogP contribution in [0.25, 0.3) is 0 Å². The molecular formula is C14H24N4O. The lowest BCUT2D eigenvalue weighted by Crippen LogP contribution is -2.34. The molecule has 0 aliphatic carbocycles. The van der Waals surface area contributed by atoms with Gasteiger partial charge in [-0.2, -0.15) is 0 Å². The summed E-state index contributed by atoms with van der Waals surface area (Å²) >= 11 is 0. The Hall–Kier alpha value is -1.78. The summed E-state index contributed by atoms with van der Waals surface area (Å²) in [5.41, 5.74) is 0.978. The number of aromatic nitrogens is 1. The van der Waals surface area contributed by atoms with Crippen molar-refractivity contribution in [3.63, 3.8) is 0 Å². The van der Waals surface area contributed by atoms with E-state index in [4.69, 9.17) is 0 Å². The van der Waals surface area contributed by atoms with Gasteiger partial charge in [0.2, 0.25) is 0 Å². The van der Waals surface area contributed by atoms with E-state index in [0.717, 1.165) is 18.7 Å². The number of pyridine rings is 1. The molecule has 5 nitrogen and oxygen atoms in total. The average Bonchev–Trinajstić information content (AvgIpc) is 2.35. The zero-order valence-electron chi connectivity index (χ0n) is 12.0. The Morgan fingerprint density at radius 3 is 2.68 bits per heavy atom. The second-order valence-electron chi connectivity index (χ2n) is 4.82. The van der Waals surface area contributed by atoms with Crippen molar-refractivity contribution < 1.29 is 4.79 Å².